The van der Waals surface area contributed by atoms with Gasteiger partial charge < -0.3 is 20.1 Å². The van der Waals surface area contributed by atoms with Crippen LogP contribution in [0.1, 0.15) is 5.56 Å². The van der Waals surface area contributed by atoms with E-state index in [-0.39, 0.29) is 11.8 Å². The second-order valence-electron chi connectivity index (χ2n) is 4.59. The Bertz CT molecular complexity index is 419. The van der Waals surface area contributed by atoms with Gasteiger partial charge in [-0.3, -0.25) is 4.79 Å². The standard InChI is InChI=1S/C14H20N2O3/c1-18-5-6-19-10-11-3-2-4-13(7-11)16-14(17)12-8-15-9-12/h2-4,7,12,15H,5-6,8-10H2,1H3,(H,16,17). The summed E-state index contributed by atoms with van der Waals surface area (Å²) in [5.41, 5.74) is 1.87. The summed E-state index contributed by atoms with van der Waals surface area (Å²) >= 11 is 0. The average molecular weight is 264 g/mol. The molecule has 1 aromatic rings. The fourth-order valence-corrected chi connectivity index (χ4v) is 1.79. The summed E-state index contributed by atoms with van der Waals surface area (Å²) in [4.78, 5) is 11.8. The van der Waals surface area contributed by atoms with Crippen molar-refractivity contribution >= 4 is 11.6 Å². The molecule has 1 heterocycles. The van der Waals surface area contributed by atoms with Crippen molar-refractivity contribution < 1.29 is 14.3 Å². The minimum Gasteiger partial charge on any atom is -0.382 e. The highest BCUT2D eigenvalue weighted by molar-refractivity contribution is 5.93. The highest BCUT2D eigenvalue weighted by Gasteiger charge is 2.24. The molecule has 19 heavy (non-hydrogen) atoms. The highest BCUT2D eigenvalue weighted by Crippen LogP contribution is 2.14. The molecule has 0 unspecified atom stereocenters. The number of ether oxygens (including phenoxy) is 2. The van der Waals surface area contributed by atoms with Gasteiger partial charge in [-0.2, -0.15) is 0 Å². The fourth-order valence-electron chi connectivity index (χ4n) is 1.79. The molecule has 0 atom stereocenters. The molecule has 0 radical (unpaired) electrons. The Morgan fingerprint density at radius 1 is 1.42 bits per heavy atom. The van der Waals surface area contributed by atoms with Crippen LogP contribution in [-0.2, 0) is 20.9 Å². The number of benzene rings is 1. The van der Waals surface area contributed by atoms with Crippen LogP contribution in [0.5, 0.6) is 0 Å². The first-order valence-electron chi connectivity index (χ1n) is 6.47. The molecule has 1 aliphatic heterocycles. The summed E-state index contributed by atoms with van der Waals surface area (Å²) in [5.74, 6) is 0.179. The largest absolute Gasteiger partial charge is 0.382 e. The molecule has 5 nitrogen and oxygen atoms in total. The molecule has 1 amide bonds. The second-order valence-corrected chi connectivity index (χ2v) is 4.59. The maximum absolute atomic E-state index is 11.8. The minimum absolute atomic E-state index is 0.0798. The SMILES string of the molecule is COCCOCc1cccc(NC(=O)C2CNC2)c1. The lowest BCUT2D eigenvalue weighted by atomic mass is 10.0. The summed E-state index contributed by atoms with van der Waals surface area (Å²) < 4.78 is 10.4. The van der Waals surface area contributed by atoms with Crippen LogP contribution >= 0.6 is 0 Å². The molecule has 1 saturated heterocycles. The average Bonchev–Trinajstić information content (AvgIpc) is 2.33. The first-order chi connectivity index (χ1) is 9.29. The van der Waals surface area contributed by atoms with Crippen molar-refractivity contribution in [3.05, 3.63) is 29.8 Å². The van der Waals surface area contributed by atoms with Gasteiger partial charge in [0, 0.05) is 25.9 Å². The minimum atomic E-state index is 0.0798. The maximum Gasteiger partial charge on any atom is 0.230 e. The Labute approximate surface area is 113 Å². The van der Waals surface area contributed by atoms with Gasteiger partial charge in [0.1, 0.15) is 0 Å². The van der Waals surface area contributed by atoms with Gasteiger partial charge in [-0.05, 0) is 17.7 Å². The van der Waals surface area contributed by atoms with E-state index in [1.165, 1.54) is 0 Å². The topological polar surface area (TPSA) is 59.6 Å². The molecule has 1 aromatic carbocycles. The van der Waals surface area contributed by atoms with E-state index in [1.54, 1.807) is 7.11 Å². The number of hydrogen-bond acceptors (Lipinski definition) is 4. The van der Waals surface area contributed by atoms with Crippen molar-refractivity contribution in [2.45, 2.75) is 6.61 Å². The molecule has 2 N–H and O–H groups in total. The fraction of sp³-hybridized carbons (Fsp3) is 0.500. The van der Waals surface area contributed by atoms with Crippen molar-refractivity contribution in [2.75, 3.05) is 38.7 Å². The third kappa shape index (κ3) is 4.31. The number of rotatable bonds is 7. The quantitative estimate of drug-likeness (QED) is 0.722. The molecule has 0 aliphatic carbocycles. The zero-order valence-corrected chi connectivity index (χ0v) is 11.1. The van der Waals surface area contributed by atoms with Crippen molar-refractivity contribution in [1.82, 2.24) is 5.32 Å². The Hall–Kier alpha value is -1.43. The van der Waals surface area contributed by atoms with Gasteiger partial charge in [0.25, 0.3) is 0 Å². The molecule has 104 valence electrons. The van der Waals surface area contributed by atoms with Crippen LogP contribution < -0.4 is 10.6 Å². The monoisotopic (exact) mass is 264 g/mol. The normalized spacial score (nSPS) is 15.0. The van der Waals surface area contributed by atoms with E-state index in [1.807, 2.05) is 24.3 Å². The maximum atomic E-state index is 11.8. The van der Waals surface area contributed by atoms with Crippen LogP contribution in [0.15, 0.2) is 24.3 Å². The molecular formula is C14H20N2O3. The summed E-state index contributed by atoms with van der Waals surface area (Å²) in [5, 5.41) is 6.01. The van der Waals surface area contributed by atoms with Crippen molar-refractivity contribution in [2.24, 2.45) is 5.92 Å². The molecule has 0 spiro atoms. The van der Waals surface area contributed by atoms with Crippen LogP contribution in [-0.4, -0.2) is 39.3 Å². The van der Waals surface area contributed by atoms with Gasteiger partial charge in [0.15, 0.2) is 0 Å². The number of methoxy groups -OCH3 is 1. The van der Waals surface area contributed by atoms with Crippen molar-refractivity contribution in [1.29, 1.82) is 0 Å². The lowest BCUT2D eigenvalue weighted by molar-refractivity contribution is -0.121. The van der Waals surface area contributed by atoms with Crippen LogP contribution in [0.4, 0.5) is 5.69 Å². The first kappa shape index (κ1) is 14.0. The van der Waals surface area contributed by atoms with Gasteiger partial charge in [-0.1, -0.05) is 12.1 Å². The third-order valence-corrected chi connectivity index (χ3v) is 3.05. The molecule has 0 bridgehead atoms. The number of carbonyl (C=O) groups excluding carboxylic acids is 1. The first-order valence-corrected chi connectivity index (χ1v) is 6.47. The molecular weight excluding hydrogens is 244 g/mol. The van der Waals surface area contributed by atoms with Crippen molar-refractivity contribution in [3.63, 3.8) is 0 Å². The molecule has 1 fully saturated rings. The molecule has 0 aromatic heterocycles. The van der Waals surface area contributed by atoms with E-state index in [0.717, 1.165) is 24.3 Å². The third-order valence-electron chi connectivity index (χ3n) is 3.05. The summed E-state index contributed by atoms with van der Waals surface area (Å²) in [7, 11) is 1.65. The van der Waals surface area contributed by atoms with E-state index < -0.39 is 0 Å². The van der Waals surface area contributed by atoms with E-state index in [9.17, 15) is 4.79 Å². The molecule has 0 saturated carbocycles. The van der Waals surface area contributed by atoms with Gasteiger partial charge in [0.2, 0.25) is 5.91 Å². The Morgan fingerprint density at radius 2 is 2.26 bits per heavy atom. The van der Waals surface area contributed by atoms with Crippen LogP contribution in [0, 0.1) is 5.92 Å². The molecule has 2 rings (SSSR count). The predicted octanol–water partition coefficient (Wildman–Crippen LogP) is 1.01. The van der Waals surface area contributed by atoms with E-state index in [2.05, 4.69) is 10.6 Å². The Kier molecular flexibility index (Phi) is 5.32. The predicted molar refractivity (Wildman–Crippen MR) is 73.0 cm³/mol. The number of carbonyl (C=O) groups is 1. The van der Waals surface area contributed by atoms with Crippen LogP contribution in [0.2, 0.25) is 0 Å². The van der Waals surface area contributed by atoms with Crippen LogP contribution in [0.3, 0.4) is 0 Å². The van der Waals surface area contributed by atoms with E-state index in [0.29, 0.717) is 19.8 Å². The number of nitrogens with one attached hydrogen (secondary N) is 2. The zero-order valence-electron chi connectivity index (χ0n) is 11.1. The van der Waals surface area contributed by atoms with Gasteiger partial charge in [-0.15, -0.1) is 0 Å². The number of hydrogen-bond donors (Lipinski definition) is 2. The molecule has 5 heteroatoms. The van der Waals surface area contributed by atoms with E-state index >= 15 is 0 Å². The smallest absolute Gasteiger partial charge is 0.230 e. The van der Waals surface area contributed by atoms with Crippen LogP contribution in [0.25, 0.3) is 0 Å². The number of anilines is 1. The zero-order chi connectivity index (χ0) is 13.5. The molecule has 1 aliphatic rings. The van der Waals surface area contributed by atoms with Crippen molar-refractivity contribution in [3.8, 4) is 0 Å². The lowest BCUT2D eigenvalue weighted by Crippen LogP contribution is -2.48. The van der Waals surface area contributed by atoms with Gasteiger partial charge in [-0.25, -0.2) is 0 Å². The number of amides is 1. The lowest BCUT2D eigenvalue weighted by Gasteiger charge is -2.25. The second kappa shape index (κ2) is 7.23. The summed E-state index contributed by atoms with van der Waals surface area (Å²) in [6.45, 7) is 3.22. The van der Waals surface area contributed by atoms with E-state index in [4.69, 9.17) is 9.47 Å². The Balaban J connectivity index is 1.82. The summed E-state index contributed by atoms with van der Waals surface area (Å²) in [6, 6.07) is 7.73. The summed E-state index contributed by atoms with van der Waals surface area (Å²) in [6.07, 6.45) is 0. The highest BCUT2D eigenvalue weighted by atomic mass is 16.5. The van der Waals surface area contributed by atoms with Gasteiger partial charge in [0.05, 0.1) is 25.7 Å². The van der Waals surface area contributed by atoms with Gasteiger partial charge >= 0.3 is 0 Å². The Morgan fingerprint density at radius 3 is 2.95 bits per heavy atom.